The molecular weight excluding hydrogens is 424 g/mol. The van der Waals surface area contributed by atoms with Gasteiger partial charge in [-0.05, 0) is 107 Å². The van der Waals surface area contributed by atoms with E-state index in [-0.39, 0.29) is 5.41 Å². The Morgan fingerprint density at radius 2 is 1.46 bits per heavy atom. The van der Waals surface area contributed by atoms with Crippen molar-refractivity contribution in [1.29, 1.82) is 0 Å². The van der Waals surface area contributed by atoms with Gasteiger partial charge in [0, 0.05) is 23.8 Å². The fourth-order valence-corrected chi connectivity index (χ4v) is 7.64. The molecule has 0 fully saturated rings. The Bertz CT molecular complexity index is 1030. The third-order valence-electron chi connectivity index (χ3n) is 9.26. The third-order valence-corrected chi connectivity index (χ3v) is 9.26. The van der Waals surface area contributed by atoms with Crippen LogP contribution in [0.25, 0.3) is 0 Å². The van der Waals surface area contributed by atoms with Gasteiger partial charge in [0.25, 0.3) is 0 Å². The van der Waals surface area contributed by atoms with Crippen molar-refractivity contribution >= 4 is 0 Å². The average molecular weight is 475 g/mol. The Morgan fingerprint density at radius 3 is 2.09 bits per heavy atom. The van der Waals surface area contributed by atoms with Crippen LogP contribution in [0.1, 0.15) is 122 Å². The molecule has 0 radical (unpaired) electrons. The van der Waals surface area contributed by atoms with E-state index >= 15 is 0 Å². The fourth-order valence-electron chi connectivity index (χ4n) is 7.64. The Balaban J connectivity index is 1.64. The highest BCUT2D eigenvalue weighted by atomic mass is 14.7. The second-order valence-corrected chi connectivity index (χ2v) is 15.0. The summed E-state index contributed by atoms with van der Waals surface area (Å²) in [6, 6.07) is 7.12. The molecule has 2 aliphatic rings. The Kier molecular flexibility index (Phi) is 7.01. The molecule has 5 unspecified atom stereocenters. The highest BCUT2D eigenvalue weighted by Gasteiger charge is 2.43. The van der Waals surface area contributed by atoms with Gasteiger partial charge in [-0.3, -0.25) is 9.97 Å². The maximum absolute atomic E-state index is 5.36. The first-order valence-corrected chi connectivity index (χ1v) is 14.1. The monoisotopic (exact) mass is 474 g/mol. The molecule has 0 saturated heterocycles. The number of rotatable bonds is 3. The third kappa shape index (κ3) is 5.37. The van der Waals surface area contributed by atoms with Gasteiger partial charge in [0.1, 0.15) is 0 Å². The van der Waals surface area contributed by atoms with E-state index in [1.54, 1.807) is 0 Å². The predicted molar refractivity (Wildman–Crippen MR) is 149 cm³/mol. The summed E-state index contributed by atoms with van der Waals surface area (Å²) in [6.07, 6.45) is 9.95. The van der Waals surface area contributed by atoms with Crippen LogP contribution in [0.4, 0.5) is 0 Å². The topological polar surface area (TPSA) is 25.8 Å². The second-order valence-electron chi connectivity index (χ2n) is 15.0. The molecule has 2 heterocycles. The number of aromatic nitrogens is 2. The van der Waals surface area contributed by atoms with Gasteiger partial charge in [0.15, 0.2) is 0 Å². The van der Waals surface area contributed by atoms with Crippen molar-refractivity contribution in [2.24, 2.45) is 34.0 Å². The van der Waals surface area contributed by atoms with Crippen molar-refractivity contribution in [3.05, 3.63) is 58.7 Å². The summed E-state index contributed by atoms with van der Waals surface area (Å²) in [5.41, 5.74) is 8.02. The summed E-state index contributed by atoms with van der Waals surface area (Å²) in [5, 5.41) is 0. The van der Waals surface area contributed by atoms with Crippen LogP contribution in [-0.2, 0) is 19.3 Å². The molecule has 0 saturated carbocycles. The molecule has 0 aromatic carbocycles. The lowest BCUT2D eigenvalue weighted by Crippen LogP contribution is -2.38. The summed E-state index contributed by atoms with van der Waals surface area (Å²) >= 11 is 0. The zero-order valence-corrected chi connectivity index (χ0v) is 24.2. The van der Waals surface area contributed by atoms with Crippen molar-refractivity contribution in [2.75, 3.05) is 0 Å². The first-order chi connectivity index (χ1) is 16.2. The maximum Gasteiger partial charge on any atom is 0.0442 e. The minimum atomic E-state index is 0.239. The molecule has 2 nitrogen and oxygen atoms in total. The molecule has 0 N–H and O–H groups in total. The number of aryl methyl sites for hydroxylation is 2. The largest absolute Gasteiger partial charge is 0.264 e. The zero-order valence-electron chi connectivity index (χ0n) is 24.2. The van der Waals surface area contributed by atoms with Gasteiger partial charge in [-0.1, -0.05) is 75.3 Å². The number of fused-ring (bicyclic) bond motifs is 2. The van der Waals surface area contributed by atoms with E-state index in [1.807, 2.05) is 6.20 Å². The van der Waals surface area contributed by atoms with Crippen molar-refractivity contribution in [3.63, 3.8) is 0 Å². The lowest BCUT2D eigenvalue weighted by atomic mass is 9.58. The summed E-state index contributed by atoms with van der Waals surface area (Å²) < 4.78 is 0. The van der Waals surface area contributed by atoms with Crippen molar-refractivity contribution < 1.29 is 0 Å². The van der Waals surface area contributed by atoms with Crippen LogP contribution >= 0.6 is 0 Å². The molecule has 2 aromatic heterocycles. The maximum atomic E-state index is 5.36. The van der Waals surface area contributed by atoms with Crippen LogP contribution in [0.3, 0.4) is 0 Å². The molecule has 2 aliphatic carbocycles. The number of nitrogens with zero attached hydrogens (tertiary/aromatic N) is 2. The Labute approximate surface area is 215 Å². The van der Waals surface area contributed by atoms with Gasteiger partial charge in [-0.2, -0.15) is 0 Å². The summed E-state index contributed by atoms with van der Waals surface area (Å²) in [6.45, 7) is 24.3. The van der Waals surface area contributed by atoms with Crippen LogP contribution in [0, 0.1) is 34.0 Å². The Hall–Kier alpha value is -1.70. The van der Waals surface area contributed by atoms with E-state index < -0.39 is 0 Å². The molecule has 35 heavy (non-hydrogen) atoms. The molecule has 192 valence electrons. The number of hydrogen-bond donors (Lipinski definition) is 0. The summed E-state index contributed by atoms with van der Waals surface area (Å²) in [5.74, 6) is 3.06. The zero-order chi connectivity index (χ0) is 25.8. The molecule has 4 rings (SSSR count). The van der Waals surface area contributed by atoms with Crippen molar-refractivity contribution in [3.8, 4) is 0 Å². The van der Waals surface area contributed by atoms with Crippen molar-refractivity contribution in [1.82, 2.24) is 9.97 Å². The summed E-state index contributed by atoms with van der Waals surface area (Å²) in [4.78, 5) is 9.81. The average Bonchev–Trinajstić information content (AvgIpc) is 2.75. The van der Waals surface area contributed by atoms with E-state index in [0.717, 1.165) is 19.3 Å². The number of hydrogen-bond acceptors (Lipinski definition) is 2. The second kappa shape index (κ2) is 9.31. The SMILES string of the molecule is CC(Cc1ccc2c(n1)CCC(C(C)(C)C)C2C(C)(C)C)C1c2ccncc2CCC1C(C)(C)C. The normalized spacial score (nSPS) is 26.1. The first kappa shape index (κ1) is 26.4. The first-order valence-electron chi connectivity index (χ1n) is 14.1. The van der Waals surface area contributed by atoms with Crippen LogP contribution in [0.2, 0.25) is 0 Å². The highest BCUT2D eigenvalue weighted by molar-refractivity contribution is 5.34. The van der Waals surface area contributed by atoms with E-state index in [1.165, 1.54) is 40.9 Å². The van der Waals surface area contributed by atoms with Crippen LogP contribution in [0.5, 0.6) is 0 Å². The minimum Gasteiger partial charge on any atom is -0.264 e. The van der Waals surface area contributed by atoms with Gasteiger partial charge in [-0.25, -0.2) is 0 Å². The lowest BCUT2D eigenvalue weighted by molar-refractivity contribution is 0.108. The van der Waals surface area contributed by atoms with Gasteiger partial charge < -0.3 is 0 Å². The quantitative estimate of drug-likeness (QED) is 0.444. The number of pyridine rings is 2. The van der Waals surface area contributed by atoms with Gasteiger partial charge in [-0.15, -0.1) is 0 Å². The van der Waals surface area contributed by atoms with Crippen LogP contribution in [0.15, 0.2) is 30.6 Å². The molecular formula is C33H50N2. The Morgan fingerprint density at radius 1 is 0.800 bits per heavy atom. The van der Waals surface area contributed by atoms with Crippen LogP contribution < -0.4 is 0 Å². The smallest absolute Gasteiger partial charge is 0.0442 e. The molecule has 0 bridgehead atoms. The van der Waals surface area contributed by atoms with Gasteiger partial charge in [0.05, 0.1) is 0 Å². The standard InChI is InChI=1S/C33H50N2/c1-21(29-24-17-18-34-20-22(24)11-14-26(29)31(2,3)4)19-23-12-13-25-28(35-23)16-15-27(32(5,6)7)30(25)33(8,9)10/h12-13,17-18,20-21,26-27,29-30H,11,14-16,19H2,1-10H3. The molecule has 0 amide bonds. The lowest BCUT2D eigenvalue weighted by Gasteiger charge is -2.47. The molecule has 0 aliphatic heterocycles. The van der Waals surface area contributed by atoms with E-state index in [9.17, 15) is 0 Å². The molecule has 2 heteroatoms. The van der Waals surface area contributed by atoms with E-state index in [0.29, 0.717) is 40.4 Å². The summed E-state index contributed by atoms with van der Waals surface area (Å²) in [7, 11) is 0. The van der Waals surface area contributed by atoms with E-state index in [2.05, 4.69) is 98.6 Å². The van der Waals surface area contributed by atoms with E-state index in [4.69, 9.17) is 4.98 Å². The molecule has 0 spiro atoms. The van der Waals surface area contributed by atoms with Crippen molar-refractivity contribution in [2.45, 2.75) is 113 Å². The van der Waals surface area contributed by atoms with Gasteiger partial charge in [0.2, 0.25) is 0 Å². The fraction of sp³-hybridized carbons (Fsp3) is 0.697. The molecule has 5 atom stereocenters. The highest BCUT2D eigenvalue weighted by Crippen LogP contribution is 2.53. The predicted octanol–water partition coefficient (Wildman–Crippen LogP) is 8.79. The minimum absolute atomic E-state index is 0.239. The molecule has 2 aromatic rings. The van der Waals surface area contributed by atoms with Gasteiger partial charge >= 0.3 is 0 Å². The van der Waals surface area contributed by atoms with Crippen LogP contribution in [-0.4, -0.2) is 9.97 Å².